The molecule has 0 saturated carbocycles. The first-order valence-electron chi connectivity index (χ1n) is 5.52. The third kappa shape index (κ3) is 4.35. The van der Waals surface area contributed by atoms with Crippen molar-refractivity contribution in [3.8, 4) is 5.75 Å². The molecule has 0 heterocycles. The zero-order valence-electron chi connectivity index (χ0n) is 10.7. The van der Waals surface area contributed by atoms with Crippen LogP contribution in [0.1, 0.15) is 0 Å². The molecule has 106 valence electrons. The lowest BCUT2D eigenvalue weighted by atomic mass is 10.1. The molecule has 0 amide bonds. The summed E-state index contributed by atoms with van der Waals surface area (Å²) in [7, 11) is 3.63. The van der Waals surface area contributed by atoms with Crippen LogP contribution in [-0.2, 0) is 0 Å². The molecule has 1 atom stereocenters. The van der Waals surface area contributed by atoms with Crippen LogP contribution in [0.2, 0.25) is 0 Å². The molecule has 1 rings (SSSR count). The van der Waals surface area contributed by atoms with Crippen LogP contribution in [0, 0.1) is 11.3 Å². The van der Waals surface area contributed by atoms with E-state index in [0.717, 1.165) is 5.69 Å². The average Bonchev–Trinajstić information content (AvgIpc) is 2.27. The van der Waals surface area contributed by atoms with Crippen molar-refractivity contribution >= 4 is 11.5 Å². The largest absolute Gasteiger partial charge is 0.492 e. The standard InChI is InChI=1S/C12H16F3N3O/c1-18(2)8-4-3-5-9(6-8)19-7-10(11(16)17)12(13,14)15/h3-6,10H,7H2,1-2H3,(H3,16,17). The number of nitrogens with one attached hydrogen (secondary N) is 1. The fourth-order valence-electron chi connectivity index (χ4n) is 1.39. The molecule has 0 bridgehead atoms. The van der Waals surface area contributed by atoms with Crippen LogP contribution in [0.15, 0.2) is 24.3 Å². The van der Waals surface area contributed by atoms with Crippen LogP contribution in [0.25, 0.3) is 0 Å². The van der Waals surface area contributed by atoms with Gasteiger partial charge in [0.2, 0.25) is 0 Å². The number of rotatable bonds is 5. The van der Waals surface area contributed by atoms with Gasteiger partial charge in [0.15, 0.2) is 0 Å². The first-order valence-corrected chi connectivity index (χ1v) is 5.52. The van der Waals surface area contributed by atoms with Crippen LogP contribution in [0.4, 0.5) is 18.9 Å². The van der Waals surface area contributed by atoms with Crippen LogP contribution >= 0.6 is 0 Å². The van der Waals surface area contributed by atoms with Gasteiger partial charge in [0.05, 0.1) is 0 Å². The van der Waals surface area contributed by atoms with Gasteiger partial charge in [-0.1, -0.05) is 6.07 Å². The molecule has 0 fully saturated rings. The van der Waals surface area contributed by atoms with Crippen LogP contribution in [0.3, 0.4) is 0 Å². The van der Waals surface area contributed by atoms with Gasteiger partial charge in [-0.25, -0.2) is 0 Å². The van der Waals surface area contributed by atoms with Gasteiger partial charge < -0.3 is 15.4 Å². The number of hydrogen-bond donors (Lipinski definition) is 2. The molecule has 1 aromatic rings. The number of anilines is 1. The number of nitrogens with zero attached hydrogens (tertiary/aromatic N) is 1. The third-order valence-electron chi connectivity index (χ3n) is 2.52. The molecule has 0 radical (unpaired) electrons. The van der Waals surface area contributed by atoms with E-state index < -0.39 is 24.5 Å². The zero-order valence-corrected chi connectivity index (χ0v) is 10.7. The molecule has 0 aromatic heterocycles. The second-order valence-electron chi connectivity index (χ2n) is 4.25. The molecule has 0 spiro atoms. The van der Waals surface area contributed by atoms with E-state index in [9.17, 15) is 13.2 Å². The van der Waals surface area contributed by atoms with Gasteiger partial charge in [0.25, 0.3) is 0 Å². The first kappa shape index (κ1) is 15.1. The SMILES string of the molecule is CN(C)c1cccc(OCC(C(=N)N)C(F)(F)F)c1. The Morgan fingerprint density at radius 2 is 2.05 bits per heavy atom. The summed E-state index contributed by atoms with van der Waals surface area (Å²) in [4.78, 5) is 1.80. The smallest absolute Gasteiger partial charge is 0.401 e. The lowest BCUT2D eigenvalue weighted by molar-refractivity contribution is -0.162. The number of benzene rings is 1. The van der Waals surface area contributed by atoms with Crippen LogP contribution < -0.4 is 15.4 Å². The van der Waals surface area contributed by atoms with Crippen molar-refractivity contribution in [2.24, 2.45) is 11.7 Å². The lowest BCUT2D eigenvalue weighted by Crippen LogP contribution is -2.39. The fourth-order valence-corrected chi connectivity index (χ4v) is 1.39. The second-order valence-corrected chi connectivity index (χ2v) is 4.25. The summed E-state index contributed by atoms with van der Waals surface area (Å²) in [6, 6.07) is 6.66. The Labute approximate surface area is 109 Å². The highest BCUT2D eigenvalue weighted by Gasteiger charge is 2.42. The summed E-state index contributed by atoms with van der Waals surface area (Å²) < 4.78 is 42.8. The molecule has 1 aromatic carbocycles. The van der Waals surface area contributed by atoms with Crippen molar-refractivity contribution in [3.05, 3.63) is 24.3 Å². The van der Waals surface area contributed by atoms with E-state index in [2.05, 4.69) is 0 Å². The molecule has 0 saturated heterocycles. The van der Waals surface area contributed by atoms with E-state index in [4.69, 9.17) is 15.9 Å². The van der Waals surface area contributed by atoms with Crippen molar-refractivity contribution in [2.45, 2.75) is 6.18 Å². The monoisotopic (exact) mass is 275 g/mol. The van der Waals surface area contributed by atoms with Crippen molar-refractivity contribution in [2.75, 3.05) is 25.6 Å². The van der Waals surface area contributed by atoms with E-state index in [1.165, 1.54) is 0 Å². The van der Waals surface area contributed by atoms with Gasteiger partial charge in [-0.3, -0.25) is 5.41 Å². The van der Waals surface area contributed by atoms with Crippen LogP contribution in [-0.4, -0.2) is 32.7 Å². The number of hydrogen-bond acceptors (Lipinski definition) is 3. The Bertz CT molecular complexity index is 446. The van der Waals surface area contributed by atoms with E-state index in [1.807, 2.05) is 14.1 Å². The number of halogens is 3. The van der Waals surface area contributed by atoms with Crippen molar-refractivity contribution in [3.63, 3.8) is 0 Å². The van der Waals surface area contributed by atoms with Crippen molar-refractivity contribution in [1.82, 2.24) is 0 Å². The van der Waals surface area contributed by atoms with Crippen LogP contribution in [0.5, 0.6) is 5.75 Å². The van der Waals surface area contributed by atoms with Gasteiger partial charge in [-0.2, -0.15) is 13.2 Å². The second kappa shape index (κ2) is 5.81. The maximum absolute atomic E-state index is 12.6. The van der Waals surface area contributed by atoms with Gasteiger partial charge in [0, 0.05) is 25.8 Å². The number of alkyl halides is 3. The molecule has 3 N–H and O–H groups in total. The molecule has 0 aliphatic carbocycles. The Balaban J connectivity index is 2.75. The van der Waals surface area contributed by atoms with Gasteiger partial charge in [-0.15, -0.1) is 0 Å². The summed E-state index contributed by atoms with van der Waals surface area (Å²) in [5.41, 5.74) is 5.75. The zero-order chi connectivity index (χ0) is 14.6. The highest BCUT2D eigenvalue weighted by atomic mass is 19.4. The van der Waals surface area contributed by atoms with Crippen molar-refractivity contribution in [1.29, 1.82) is 5.41 Å². The highest BCUT2D eigenvalue weighted by molar-refractivity contribution is 5.80. The maximum atomic E-state index is 12.6. The topological polar surface area (TPSA) is 62.3 Å². The Kier molecular flexibility index (Phi) is 4.63. The summed E-state index contributed by atoms with van der Waals surface area (Å²) in [5.74, 6) is -2.73. The van der Waals surface area contributed by atoms with E-state index in [1.54, 1.807) is 29.2 Å². The van der Waals surface area contributed by atoms with Gasteiger partial charge in [0.1, 0.15) is 24.1 Å². The Morgan fingerprint density at radius 1 is 1.42 bits per heavy atom. The maximum Gasteiger partial charge on any atom is 0.401 e. The predicted molar refractivity (Wildman–Crippen MR) is 67.7 cm³/mol. The summed E-state index contributed by atoms with van der Waals surface area (Å²) in [6.45, 7) is -0.699. The normalized spacial score (nSPS) is 12.9. The first-order chi connectivity index (χ1) is 8.71. The molecule has 1 unspecified atom stereocenters. The Morgan fingerprint density at radius 3 is 2.53 bits per heavy atom. The molecule has 4 nitrogen and oxygen atoms in total. The minimum Gasteiger partial charge on any atom is -0.492 e. The molecule has 19 heavy (non-hydrogen) atoms. The number of nitrogens with two attached hydrogens (primary N) is 1. The summed E-state index contributed by atoms with van der Waals surface area (Å²) in [5, 5.41) is 6.95. The fraction of sp³-hybridized carbons (Fsp3) is 0.417. The summed E-state index contributed by atoms with van der Waals surface area (Å²) in [6.07, 6.45) is -4.58. The van der Waals surface area contributed by atoms with E-state index in [0.29, 0.717) is 5.75 Å². The molecule has 7 heteroatoms. The number of ether oxygens (including phenoxy) is 1. The quantitative estimate of drug-likeness (QED) is 0.640. The Hall–Kier alpha value is -1.92. The minimum atomic E-state index is -4.58. The number of amidine groups is 1. The van der Waals surface area contributed by atoms with Gasteiger partial charge in [-0.05, 0) is 12.1 Å². The molecular weight excluding hydrogens is 259 g/mol. The van der Waals surface area contributed by atoms with Crippen molar-refractivity contribution < 1.29 is 17.9 Å². The van der Waals surface area contributed by atoms with E-state index >= 15 is 0 Å². The van der Waals surface area contributed by atoms with Gasteiger partial charge >= 0.3 is 6.18 Å². The molecular formula is C12H16F3N3O. The molecule has 0 aliphatic heterocycles. The predicted octanol–water partition coefficient (Wildman–Crippen LogP) is 2.25. The lowest BCUT2D eigenvalue weighted by Gasteiger charge is -2.20. The highest BCUT2D eigenvalue weighted by Crippen LogP contribution is 2.27. The average molecular weight is 275 g/mol. The third-order valence-corrected chi connectivity index (χ3v) is 2.52. The molecule has 0 aliphatic rings. The summed E-state index contributed by atoms with van der Waals surface area (Å²) >= 11 is 0. The van der Waals surface area contributed by atoms with E-state index in [-0.39, 0.29) is 0 Å². The minimum absolute atomic E-state index is 0.307.